The summed E-state index contributed by atoms with van der Waals surface area (Å²) < 4.78 is 0. The molecule has 3 N–H and O–H groups in total. The molecule has 10 nitrogen and oxygen atoms in total. The van der Waals surface area contributed by atoms with Crippen molar-refractivity contribution in [2.75, 3.05) is 27.7 Å². The minimum absolute atomic E-state index is 0. The van der Waals surface area contributed by atoms with E-state index in [0.29, 0.717) is 24.3 Å². The van der Waals surface area contributed by atoms with Crippen LogP contribution in [0.25, 0.3) is 0 Å². The van der Waals surface area contributed by atoms with Gasteiger partial charge in [-0.25, -0.2) is 9.78 Å². The van der Waals surface area contributed by atoms with Crippen molar-refractivity contribution >= 4 is 53.9 Å². The van der Waals surface area contributed by atoms with E-state index in [4.69, 9.17) is 5.11 Å². The fourth-order valence-electron chi connectivity index (χ4n) is 3.97. The van der Waals surface area contributed by atoms with E-state index in [9.17, 15) is 19.2 Å². The number of carboxylic acid groups (broad SMARTS) is 1. The predicted octanol–water partition coefficient (Wildman–Crippen LogP) is -0.961. The molecule has 1 fully saturated rings. The second-order valence-electron chi connectivity index (χ2n) is 8.08. The number of carbonyl (C=O) groups excluding carboxylic acids is 3. The molecule has 1 aromatic rings. The van der Waals surface area contributed by atoms with Gasteiger partial charge in [-0.15, -0.1) is 11.3 Å². The zero-order chi connectivity index (χ0) is 22.0. The maximum absolute atomic E-state index is 12.9. The predicted molar refractivity (Wildman–Crippen MR) is 116 cm³/mol. The topological polar surface area (TPSA) is 132 Å². The SMILES string of the molecule is CN1CCc2nc(C(=O)N[C@@H]3C[C@@H](C(=O)N(C)C)CC[C@@H]3NC(=O)C(=O)O)sc2C1.[LiH]. The van der Waals surface area contributed by atoms with E-state index in [-0.39, 0.29) is 36.6 Å². The van der Waals surface area contributed by atoms with Gasteiger partial charge in [0.1, 0.15) is 0 Å². The van der Waals surface area contributed by atoms with Crippen molar-refractivity contribution in [3.63, 3.8) is 0 Å². The van der Waals surface area contributed by atoms with Crippen LogP contribution in [-0.4, -0.2) is 102 Å². The number of rotatable bonds is 4. The Hall–Kier alpha value is -1.93. The van der Waals surface area contributed by atoms with Crippen LogP contribution in [0.1, 0.15) is 39.6 Å². The fourth-order valence-corrected chi connectivity index (χ4v) is 5.06. The summed E-state index contributed by atoms with van der Waals surface area (Å²) in [5.41, 5.74) is 0.934. The van der Waals surface area contributed by atoms with Gasteiger partial charge < -0.3 is 25.5 Å². The molecule has 0 radical (unpaired) electrons. The first-order valence-corrected chi connectivity index (χ1v) is 10.7. The third-order valence-corrected chi connectivity index (χ3v) is 6.67. The fraction of sp³-hybridized carbons (Fsp3) is 0.632. The van der Waals surface area contributed by atoms with Crippen molar-refractivity contribution in [3.05, 3.63) is 15.6 Å². The van der Waals surface area contributed by atoms with Gasteiger partial charge in [0, 0.05) is 50.4 Å². The molecule has 0 aromatic carbocycles. The first-order chi connectivity index (χ1) is 14.2. The second kappa shape index (κ2) is 10.6. The van der Waals surface area contributed by atoms with Crippen LogP contribution in [0.4, 0.5) is 0 Å². The molecule has 12 heteroatoms. The number of hydrogen-bond acceptors (Lipinski definition) is 7. The number of carbonyl (C=O) groups is 4. The number of nitrogens with zero attached hydrogens (tertiary/aromatic N) is 3. The van der Waals surface area contributed by atoms with Gasteiger partial charge in [-0.2, -0.15) is 0 Å². The molecule has 2 heterocycles. The Labute approximate surface area is 196 Å². The zero-order valence-electron chi connectivity index (χ0n) is 17.3. The Bertz CT molecular complexity index is 861. The van der Waals surface area contributed by atoms with E-state index < -0.39 is 24.0 Å². The number of carboxylic acids is 1. The molecule has 31 heavy (non-hydrogen) atoms. The van der Waals surface area contributed by atoms with Crippen molar-refractivity contribution in [2.45, 2.75) is 44.3 Å². The van der Waals surface area contributed by atoms with Crippen molar-refractivity contribution in [3.8, 4) is 0 Å². The summed E-state index contributed by atoms with van der Waals surface area (Å²) >= 11 is 1.35. The Balaban J connectivity index is 0.00000341. The summed E-state index contributed by atoms with van der Waals surface area (Å²) in [6.07, 6.45) is 2.01. The van der Waals surface area contributed by atoms with Crippen molar-refractivity contribution in [2.24, 2.45) is 5.92 Å². The van der Waals surface area contributed by atoms with Crippen LogP contribution in [0, 0.1) is 5.92 Å². The van der Waals surface area contributed by atoms with E-state index in [1.807, 2.05) is 7.05 Å². The number of thiazole rings is 1. The Morgan fingerprint density at radius 3 is 2.52 bits per heavy atom. The number of fused-ring (bicyclic) bond motifs is 1. The van der Waals surface area contributed by atoms with E-state index in [0.717, 1.165) is 30.1 Å². The van der Waals surface area contributed by atoms with Crippen LogP contribution in [0.15, 0.2) is 0 Å². The van der Waals surface area contributed by atoms with E-state index in [1.165, 1.54) is 16.2 Å². The van der Waals surface area contributed by atoms with Crippen LogP contribution in [0.2, 0.25) is 0 Å². The molecular weight excluding hydrogens is 417 g/mol. The average molecular weight is 445 g/mol. The molecule has 1 aromatic heterocycles. The molecule has 3 amide bonds. The first-order valence-electron chi connectivity index (χ1n) is 9.88. The number of aromatic nitrogens is 1. The maximum atomic E-state index is 12.9. The number of aliphatic carboxylic acids is 1. The first kappa shape index (κ1) is 25.3. The Morgan fingerprint density at radius 1 is 1.16 bits per heavy atom. The number of nitrogens with one attached hydrogen (secondary N) is 2. The summed E-state index contributed by atoms with van der Waals surface area (Å²) in [5.74, 6) is -3.42. The Kier molecular flexibility index (Phi) is 8.65. The van der Waals surface area contributed by atoms with Crippen molar-refractivity contribution in [1.29, 1.82) is 0 Å². The van der Waals surface area contributed by atoms with E-state index >= 15 is 0 Å². The standard InChI is InChI=1S/C19H27N5O5S.Li.H/c1-23(2)18(27)10-4-5-11(20-16(26)19(28)29)13(8-10)21-15(25)17-22-12-6-7-24(3)9-14(12)30-17;;/h10-11,13H,4-9H2,1-3H3,(H,20,26)(H,21,25)(H,28,29);;/t10-,11-,13+;;/m0../s1. The molecule has 166 valence electrons. The van der Waals surface area contributed by atoms with Gasteiger partial charge in [0.2, 0.25) is 5.91 Å². The molecule has 3 rings (SSSR count). The second-order valence-corrected chi connectivity index (χ2v) is 9.17. The van der Waals surface area contributed by atoms with Crippen LogP contribution >= 0.6 is 11.3 Å². The summed E-state index contributed by atoms with van der Waals surface area (Å²) in [7, 11) is 5.36. The molecule has 3 atom stereocenters. The molecule has 0 bridgehead atoms. The summed E-state index contributed by atoms with van der Waals surface area (Å²) in [4.78, 5) is 57.1. The molecular formula is C19H28LiN5O5S. The van der Waals surface area contributed by atoms with Gasteiger partial charge in [0.05, 0.1) is 11.7 Å². The quantitative estimate of drug-likeness (QED) is 0.402. The third-order valence-electron chi connectivity index (χ3n) is 5.58. The number of likely N-dealkylation sites (N-methyl/N-ethyl adjacent to an activating group) is 1. The van der Waals surface area contributed by atoms with Gasteiger partial charge in [-0.3, -0.25) is 14.4 Å². The molecule has 1 aliphatic carbocycles. The van der Waals surface area contributed by atoms with Crippen LogP contribution in [0.3, 0.4) is 0 Å². The minimum atomic E-state index is -1.58. The van der Waals surface area contributed by atoms with Gasteiger partial charge in [0.25, 0.3) is 5.91 Å². The van der Waals surface area contributed by atoms with Crippen LogP contribution in [0.5, 0.6) is 0 Å². The number of amides is 3. The molecule has 0 spiro atoms. The third kappa shape index (κ3) is 6.07. The van der Waals surface area contributed by atoms with E-state index in [2.05, 4.69) is 20.5 Å². The van der Waals surface area contributed by atoms with Crippen LogP contribution in [-0.2, 0) is 27.3 Å². The molecule has 2 aliphatic rings. The van der Waals surface area contributed by atoms with Crippen molar-refractivity contribution in [1.82, 2.24) is 25.4 Å². The molecule has 0 unspecified atom stereocenters. The van der Waals surface area contributed by atoms with Gasteiger partial charge in [-0.1, -0.05) is 0 Å². The van der Waals surface area contributed by atoms with Gasteiger partial charge >= 0.3 is 30.7 Å². The van der Waals surface area contributed by atoms with Gasteiger partial charge in [0.15, 0.2) is 5.01 Å². The zero-order valence-corrected chi connectivity index (χ0v) is 18.1. The molecule has 1 saturated carbocycles. The molecule has 1 aliphatic heterocycles. The Morgan fingerprint density at radius 2 is 1.87 bits per heavy atom. The summed E-state index contributed by atoms with van der Waals surface area (Å²) in [6, 6.07) is -1.13. The summed E-state index contributed by atoms with van der Waals surface area (Å²) in [5, 5.41) is 14.6. The van der Waals surface area contributed by atoms with Crippen LogP contribution < -0.4 is 10.6 Å². The van der Waals surface area contributed by atoms with Gasteiger partial charge in [-0.05, 0) is 26.3 Å². The molecule has 0 saturated heterocycles. The van der Waals surface area contributed by atoms with E-state index in [1.54, 1.807) is 14.1 Å². The average Bonchev–Trinajstić information content (AvgIpc) is 3.11. The normalized spacial score (nSPS) is 23.1. The monoisotopic (exact) mass is 445 g/mol. The van der Waals surface area contributed by atoms with Crippen molar-refractivity contribution < 1.29 is 24.3 Å². The summed E-state index contributed by atoms with van der Waals surface area (Å²) in [6.45, 7) is 1.64. The number of hydrogen-bond donors (Lipinski definition) is 3.